The highest BCUT2D eigenvalue weighted by molar-refractivity contribution is 5.82. The fourth-order valence-corrected chi connectivity index (χ4v) is 3.32. The summed E-state index contributed by atoms with van der Waals surface area (Å²) in [5.41, 5.74) is 6.40. The molecule has 25 heavy (non-hydrogen) atoms. The third-order valence-corrected chi connectivity index (χ3v) is 5.63. The van der Waals surface area contributed by atoms with Gasteiger partial charge in [-0.05, 0) is 31.0 Å². The molecule has 3 N–H and O–H groups in total. The van der Waals surface area contributed by atoms with Gasteiger partial charge < -0.3 is 20.9 Å². The monoisotopic (exact) mass is 347 g/mol. The zero-order chi connectivity index (χ0) is 18.3. The minimum atomic E-state index is -0.452. The van der Waals surface area contributed by atoms with Crippen molar-refractivity contribution in [3.8, 4) is 0 Å². The van der Waals surface area contributed by atoms with Crippen molar-refractivity contribution in [3.63, 3.8) is 0 Å². The molecule has 0 unspecified atom stereocenters. The number of carbonyl (C=O) groups is 1. The molecule has 1 aromatic rings. The summed E-state index contributed by atoms with van der Waals surface area (Å²) in [6, 6.07) is 4.11. The second-order valence-corrected chi connectivity index (χ2v) is 6.82. The van der Waals surface area contributed by atoms with Crippen LogP contribution in [0, 0.1) is 5.41 Å². The Balaban J connectivity index is 1.89. The van der Waals surface area contributed by atoms with Crippen LogP contribution in [0.2, 0.25) is 0 Å². The highest BCUT2D eigenvalue weighted by Crippen LogP contribution is 2.25. The van der Waals surface area contributed by atoms with Crippen LogP contribution in [0.25, 0.3) is 0 Å². The average Bonchev–Trinajstić information content (AvgIpc) is 2.68. The lowest BCUT2D eigenvalue weighted by Crippen LogP contribution is -2.46. The minimum absolute atomic E-state index is 0.0414. The maximum Gasteiger partial charge on any atom is 0.227 e. The van der Waals surface area contributed by atoms with Crippen LogP contribution in [0.15, 0.2) is 18.3 Å². The average molecular weight is 348 g/mol. The fourth-order valence-electron chi connectivity index (χ4n) is 3.32. The van der Waals surface area contributed by atoms with Crippen LogP contribution in [0.4, 0.5) is 5.82 Å². The van der Waals surface area contributed by atoms with Crippen molar-refractivity contribution < 1.29 is 4.79 Å². The maximum absolute atomic E-state index is 12.5. The van der Waals surface area contributed by atoms with E-state index in [1.807, 2.05) is 20.0 Å². The van der Waals surface area contributed by atoms with Gasteiger partial charge in [0.2, 0.25) is 5.91 Å². The van der Waals surface area contributed by atoms with E-state index in [2.05, 4.69) is 39.2 Å². The molecule has 0 saturated carbocycles. The Kier molecular flexibility index (Phi) is 7.20. The minimum Gasteiger partial charge on any atom is -0.354 e. The summed E-state index contributed by atoms with van der Waals surface area (Å²) in [5, 5.41) is 3.03. The second kappa shape index (κ2) is 9.15. The van der Waals surface area contributed by atoms with Crippen LogP contribution < -0.4 is 16.0 Å². The van der Waals surface area contributed by atoms with E-state index in [1.165, 1.54) is 0 Å². The fraction of sp³-hybridized carbons (Fsp3) is 0.684. The molecule has 6 heteroatoms. The molecule has 2 rings (SSSR count). The highest BCUT2D eigenvalue weighted by Gasteiger charge is 2.32. The number of nitrogens with one attached hydrogen (secondary N) is 1. The van der Waals surface area contributed by atoms with Crippen molar-refractivity contribution in [2.24, 2.45) is 11.1 Å². The largest absolute Gasteiger partial charge is 0.354 e. The van der Waals surface area contributed by atoms with E-state index < -0.39 is 5.41 Å². The quantitative estimate of drug-likeness (QED) is 0.747. The standard InChI is InChI=1S/C19H33N5O/c1-4-19(5-2,15-20)18(25)22-14-16-7-8-17(21-13-16)24-11-9-23(6-3)10-12-24/h7-8,13H,4-6,9-12,14-15,20H2,1-3H3,(H,22,25). The molecule has 0 spiro atoms. The van der Waals surface area contributed by atoms with Crippen molar-refractivity contribution in [3.05, 3.63) is 23.9 Å². The van der Waals surface area contributed by atoms with E-state index in [0.717, 1.165) is 56.9 Å². The van der Waals surface area contributed by atoms with Gasteiger partial charge >= 0.3 is 0 Å². The van der Waals surface area contributed by atoms with Gasteiger partial charge in [-0.15, -0.1) is 0 Å². The maximum atomic E-state index is 12.5. The summed E-state index contributed by atoms with van der Waals surface area (Å²) in [6.45, 7) is 12.4. The Morgan fingerprint density at radius 1 is 1.20 bits per heavy atom. The number of hydrogen-bond acceptors (Lipinski definition) is 5. The van der Waals surface area contributed by atoms with Gasteiger partial charge in [-0.1, -0.05) is 26.8 Å². The molecule has 1 fully saturated rings. The van der Waals surface area contributed by atoms with Crippen LogP contribution in [0.3, 0.4) is 0 Å². The normalized spacial score (nSPS) is 16.1. The van der Waals surface area contributed by atoms with Gasteiger partial charge in [0.15, 0.2) is 0 Å². The molecular formula is C19H33N5O. The molecule has 6 nitrogen and oxygen atoms in total. The predicted octanol–water partition coefficient (Wildman–Crippen LogP) is 1.60. The molecule has 0 radical (unpaired) electrons. The molecule has 0 atom stereocenters. The topological polar surface area (TPSA) is 74.5 Å². The summed E-state index contributed by atoms with van der Waals surface area (Å²) in [7, 11) is 0. The van der Waals surface area contributed by atoms with Gasteiger partial charge in [-0.3, -0.25) is 4.79 Å². The third-order valence-electron chi connectivity index (χ3n) is 5.63. The highest BCUT2D eigenvalue weighted by atomic mass is 16.2. The molecule has 140 valence electrons. The molecule has 2 heterocycles. The Hall–Kier alpha value is -1.66. The number of nitrogens with zero attached hydrogens (tertiary/aromatic N) is 3. The van der Waals surface area contributed by atoms with Gasteiger partial charge in [0.25, 0.3) is 0 Å². The van der Waals surface area contributed by atoms with Gasteiger partial charge in [-0.2, -0.15) is 0 Å². The lowest BCUT2D eigenvalue weighted by Gasteiger charge is -2.34. The summed E-state index contributed by atoms with van der Waals surface area (Å²) < 4.78 is 0. The zero-order valence-corrected chi connectivity index (χ0v) is 15.9. The number of rotatable bonds is 8. The number of anilines is 1. The molecule has 1 aliphatic rings. The number of pyridine rings is 1. The first-order chi connectivity index (χ1) is 12.1. The van der Waals surface area contributed by atoms with Gasteiger partial charge in [0.05, 0.1) is 5.41 Å². The van der Waals surface area contributed by atoms with Crippen molar-refractivity contribution in [1.82, 2.24) is 15.2 Å². The predicted molar refractivity (Wildman–Crippen MR) is 102 cm³/mol. The van der Waals surface area contributed by atoms with Crippen molar-refractivity contribution in [1.29, 1.82) is 0 Å². The zero-order valence-electron chi connectivity index (χ0n) is 15.9. The first kappa shape index (κ1) is 19.7. The number of piperazine rings is 1. The molecule has 0 aromatic carbocycles. The van der Waals surface area contributed by atoms with Crippen molar-refractivity contribution in [2.45, 2.75) is 40.2 Å². The Morgan fingerprint density at radius 2 is 1.88 bits per heavy atom. The molecule has 1 saturated heterocycles. The lowest BCUT2D eigenvalue weighted by atomic mass is 9.81. The summed E-state index contributed by atoms with van der Waals surface area (Å²) in [4.78, 5) is 21.8. The molecular weight excluding hydrogens is 314 g/mol. The molecule has 1 aliphatic heterocycles. The number of hydrogen-bond donors (Lipinski definition) is 2. The Labute approximate surface area is 151 Å². The summed E-state index contributed by atoms with van der Waals surface area (Å²) >= 11 is 0. The number of carbonyl (C=O) groups excluding carboxylic acids is 1. The summed E-state index contributed by atoms with van der Waals surface area (Å²) in [5.74, 6) is 1.06. The molecule has 1 aromatic heterocycles. The van der Waals surface area contributed by atoms with Crippen LogP contribution in [0.1, 0.15) is 39.2 Å². The van der Waals surface area contributed by atoms with Gasteiger partial charge in [-0.25, -0.2) is 4.98 Å². The number of aromatic nitrogens is 1. The first-order valence-corrected chi connectivity index (χ1v) is 9.49. The van der Waals surface area contributed by atoms with Crippen molar-refractivity contribution >= 4 is 11.7 Å². The van der Waals surface area contributed by atoms with Crippen molar-refractivity contribution in [2.75, 3.05) is 44.2 Å². The number of amides is 1. The second-order valence-electron chi connectivity index (χ2n) is 6.82. The molecule has 1 amide bonds. The van der Waals surface area contributed by atoms with E-state index in [1.54, 1.807) is 0 Å². The van der Waals surface area contributed by atoms with E-state index >= 15 is 0 Å². The van der Waals surface area contributed by atoms with Gasteiger partial charge in [0.1, 0.15) is 5.82 Å². The van der Waals surface area contributed by atoms with E-state index in [4.69, 9.17) is 5.73 Å². The first-order valence-electron chi connectivity index (χ1n) is 9.49. The number of nitrogens with two attached hydrogens (primary N) is 1. The van der Waals surface area contributed by atoms with Crippen LogP contribution in [-0.2, 0) is 11.3 Å². The Morgan fingerprint density at radius 3 is 2.36 bits per heavy atom. The van der Waals surface area contributed by atoms with Crippen LogP contribution in [-0.4, -0.2) is 55.1 Å². The van der Waals surface area contributed by atoms with Gasteiger partial charge in [0, 0.05) is 45.5 Å². The van der Waals surface area contributed by atoms with Crippen LogP contribution >= 0.6 is 0 Å². The van der Waals surface area contributed by atoms with E-state index in [9.17, 15) is 4.79 Å². The van der Waals surface area contributed by atoms with E-state index in [0.29, 0.717) is 13.1 Å². The molecule has 0 aliphatic carbocycles. The lowest BCUT2D eigenvalue weighted by molar-refractivity contribution is -0.131. The van der Waals surface area contributed by atoms with E-state index in [-0.39, 0.29) is 5.91 Å². The molecule has 0 bridgehead atoms. The summed E-state index contributed by atoms with van der Waals surface area (Å²) in [6.07, 6.45) is 3.38. The van der Waals surface area contributed by atoms with Crippen LogP contribution in [0.5, 0.6) is 0 Å². The smallest absolute Gasteiger partial charge is 0.227 e. The SMILES string of the molecule is CCN1CCN(c2ccc(CNC(=O)C(CC)(CC)CN)cn2)CC1. The Bertz CT molecular complexity index is 525. The third kappa shape index (κ3) is 4.70. The number of likely N-dealkylation sites (N-methyl/N-ethyl adjacent to an activating group) is 1.